The zero-order valence-corrected chi connectivity index (χ0v) is 16.2. The van der Waals surface area contributed by atoms with E-state index in [1.807, 2.05) is 22.9 Å². The molecule has 2 aliphatic rings. The fourth-order valence-electron chi connectivity index (χ4n) is 4.58. The molecule has 1 fully saturated rings. The van der Waals surface area contributed by atoms with Gasteiger partial charge in [0.2, 0.25) is 5.91 Å². The Hall–Kier alpha value is -2.43. The molecule has 0 aromatic carbocycles. The molecule has 1 N–H and O–H groups in total. The molecule has 2 atom stereocenters. The normalized spacial score (nSPS) is 22.9. The first kappa shape index (κ1) is 18.0. The summed E-state index contributed by atoms with van der Waals surface area (Å²) in [6, 6.07) is 5.99. The van der Waals surface area contributed by atoms with Crippen LogP contribution in [0.3, 0.4) is 0 Å². The Kier molecular flexibility index (Phi) is 5.10. The van der Waals surface area contributed by atoms with Crippen LogP contribution in [0, 0.1) is 19.8 Å². The van der Waals surface area contributed by atoms with E-state index in [1.54, 1.807) is 6.20 Å². The second-order valence-corrected chi connectivity index (χ2v) is 7.86. The lowest BCUT2D eigenvalue weighted by Crippen LogP contribution is -2.38. The Balaban J connectivity index is 1.46. The molecule has 0 aliphatic heterocycles. The number of aryl methyl sites for hydroxylation is 1. The molecule has 2 aromatic heterocycles. The molecular formula is C22H28N4O. The Labute approximate surface area is 160 Å². The number of amides is 1. The van der Waals surface area contributed by atoms with E-state index in [0.717, 1.165) is 36.5 Å². The zero-order chi connectivity index (χ0) is 18.8. The van der Waals surface area contributed by atoms with Crippen molar-refractivity contribution in [3.05, 3.63) is 53.5 Å². The quantitative estimate of drug-likeness (QED) is 0.835. The summed E-state index contributed by atoms with van der Waals surface area (Å²) < 4.78 is 1.92. The fraction of sp³-hybridized carbons (Fsp3) is 0.500. The second kappa shape index (κ2) is 7.67. The van der Waals surface area contributed by atoms with Crippen LogP contribution in [0.25, 0.3) is 5.82 Å². The average molecular weight is 364 g/mol. The van der Waals surface area contributed by atoms with Crippen LogP contribution in [0.4, 0.5) is 0 Å². The van der Waals surface area contributed by atoms with Crippen LogP contribution in [-0.4, -0.2) is 26.7 Å². The molecule has 4 rings (SSSR count). The van der Waals surface area contributed by atoms with Crippen molar-refractivity contribution in [1.29, 1.82) is 0 Å². The van der Waals surface area contributed by atoms with Gasteiger partial charge in [0, 0.05) is 35.3 Å². The van der Waals surface area contributed by atoms with Crippen LogP contribution in [-0.2, 0) is 4.79 Å². The number of rotatable bonds is 4. The number of nitrogens with one attached hydrogen (secondary N) is 1. The summed E-state index contributed by atoms with van der Waals surface area (Å²) in [7, 11) is 0. The van der Waals surface area contributed by atoms with Gasteiger partial charge in [0.15, 0.2) is 5.82 Å². The molecule has 2 aliphatic carbocycles. The number of aromatic nitrogens is 3. The Morgan fingerprint density at radius 3 is 2.70 bits per heavy atom. The first-order valence-corrected chi connectivity index (χ1v) is 10.1. The summed E-state index contributed by atoms with van der Waals surface area (Å²) in [6.45, 7) is 4.16. The summed E-state index contributed by atoms with van der Waals surface area (Å²) in [6.07, 6.45) is 12.8. The molecule has 5 nitrogen and oxygen atoms in total. The molecule has 0 unspecified atom stereocenters. The van der Waals surface area contributed by atoms with Gasteiger partial charge in [-0.25, -0.2) is 9.67 Å². The number of hydrogen-bond acceptors (Lipinski definition) is 3. The predicted molar refractivity (Wildman–Crippen MR) is 106 cm³/mol. The minimum Gasteiger partial charge on any atom is -0.350 e. The first-order valence-electron chi connectivity index (χ1n) is 10.1. The maximum Gasteiger partial charge on any atom is 0.223 e. The van der Waals surface area contributed by atoms with Crippen LogP contribution >= 0.6 is 0 Å². The molecule has 2 heterocycles. The van der Waals surface area contributed by atoms with Crippen LogP contribution in [0.1, 0.15) is 61.4 Å². The van der Waals surface area contributed by atoms with Crippen molar-refractivity contribution >= 4 is 5.91 Å². The number of allylic oxidation sites excluding steroid dienone is 1. The summed E-state index contributed by atoms with van der Waals surface area (Å²) in [4.78, 5) is 17.0. The molecule has 5 heteroatoms. The SMILES string of the molecule is Cc1nn(-c2ccccn2)c(C)c1[C@@H]1C=C[C@@H](NC(=O)C2CCCCC2)C1. The van der Waals surface area contributed by atoms with Crippen molar-refractivity contribution in [3.8, 4) is 5.82 Å². The van der Waals surface area contributed by atoms with Gasteiger partial charge in [-0.3, -0.25) is 4.79 Å². The number of hydrogen-bond donors (Lipinski definition) is 1. The highest BCUT2D eigenvalue weighted by atomic mass is 16.1. The minimum absolute atomic E-state index is 0.126. The maximum absolute atomic E-state index is 12.6. The molecular weight excluding hydrogens is 336 g/mol. The van der Waals surface area contributed by atoms with Crippen LogP contribution in [0.15, 0.2) is 36.5 Å². The topological polar surface area (TPSA) is 59.8 Å². The average Bonchev–Trinajstić information content (AvgIpc) is 3.26. The summed E-state index contributed by atoms with van der Waals surface area (Å²) in [5, 5.41) is 7.98. The van der Waals surface area contributed by atoms with E-state index in [-0.39, 0.29) is 17.9 Å². The van der Waals surface area contributed by atoms with Crippen LogP contribution < -0.4 is 5.32 Å². The van der Waals surface area contributed by atoms with Gasteiger partial charge in [-0.15, -0.1) is 0 Å². The summed E-state index contributed by atoms with van der Waals surface area (Å²) in [5.41, 5.74) is 3.42. The van der Waals surface area contributed by atoms with E-state index >= 15 is 0 Å². The third-order valence-corrected chi connectivity index (χ3v) is 5.97. The van der Waals surface area contributed by atoms with Gasteiger partial charge in [0.05, 0.1) is 5.69 Å². The van der Waals surface area contributed by atoms with E-state index in [9.17, 15) is 4.79 Å². The van der Waals surface area contributed by atoms with Crippen molar-refractivity contribution in [2.24, 2.45) is 5.92 Å². The second-order valence-electron chi connectivity index (χ2n) is 7.86. The highest BCUT2D eigenvalue weighted by Gasteiger charge is 2.29. The smallest absolute Gasteiger partial charge is 0.223 e. The van der Waals surface area contributed by atoms with E-state index in [2.05, 4.69) is 36.3 Å². The number of carbonyl (C=O) groups is 1. The molecule has 0 spiro atoms. The Bertz CT molecular complexity index is 833. The third kappa shape index (κ3) is 3.68. The van der Waals surface area contributed by atoms with Crippen molar-refractivity contribution < 1.29 is 4.79 Å². The third-order valence-electron chi connectivity index (χ3n) is 5.97. The van der Waals surface area contributed by atoms with E-state index < -0.39 is 0 Å². The molecule has 27 heavy (non-hydrogen) atoms. The van der Waals surface area contributed by atoms with E-state index in [0.29, 0.717) is 5.92 Å². The van der Waals surface area contributed by atoms with Gasteiger partial charge in [0.1, 0.15) is 0 Å². The summed E-state index contributed by atoms with van der Waals surface area (Å²) >= 11 is 0. The lowest BCUT2D eigenvalue weighted by molar-refractivity contribution is -0.126. The van der Waals surface area contributed by atoms with Gasteiger partial charge in [-0.05, 0) is 45.2 Å². The van der Waals surface area contributed by atoms with Gasteiger partial charge in [0.25, 0.3) is 0 Å². The van der Waals surface area contributed by atoms with Gasteiger partial charge < -0.3 is 5.32 Å². The van der Waals surface area contributed by atoms with Gasteiger partial charge in [-0.2, -0.15) is 5.10 Å². The van der Waals surface area contributed by atoms with E-state index in [4.69, 9.17) is 5.10 Å². The summed E-state index contributed by atoms with van der Waals surface area (Å²) in [5.74, 6) is 1.58. The van der Waals surface area contributed by atoms with Gasteiger partial charge >= 0.3 is 0 Å². The lowest BCUT2D eigenvalue weighted by atomic mass is 9.88. The van der Waals surface area contributed by atoms with E-state index in [1.165, 1.54) is 24.8 Å². The molecule has 142 valence electrons. The molecule has 2 aromatic rings. The highest BCUT2D eigenvalue weighted by Crippen LogP contribution is 2.34. The highest BCUT2D eigenvalue weighted by molar-refractivity contribution is 5.79. The molecule has 0 radical (unpaired) electrons. The van der Waals surface area contributed by atoms with Gasteiger partial charge in [-0.1, -0.05) is 37.5 Å². The monoisotopic (exact) mass is 364 g/mol. The zero-order valence-electron chi connectivity index (χ0n) is 16.2. The van der Waals surface area contributed by atoms with Crippen molar-refractivity contribution in [1.82, 2.24) is 20.1 Å². The number of pyridine rings is 1. The number of nitrogens with zero attached hydrogens (tertiary/aromatic N) is 3. The Morgan fingerprint density at radius 2 is 1.96 bits per heavy atom. The fourth-order valence-corrected chi connectivity index (χ4v) is 4.58. The number of carbonyl (C=O) groups excluding carboxylic acids is 1. The molecule has 0 bridgehead atoms. The molecule has 1 saturated carbocycles. The largest absolute Gasteiger partial charge is 0.350 e. The van der Waals surface area contributed by atoms with Crippen molar-refractivity contribution in [3.63, 3.8) is 0 Å². The first-order chi connectivity index (χ1) is 13.1. The molecule has 0 saturated heterocycles. The molecule has 1 amide bonds. The Morgan fingerprint density at radius 1 is 1.15 bits per heavy atom. The predicted octanol–water partition coefficient (Wildman–Crippen LogP) is 3.99. The van der Waals surface area contributed by atoms with Crippen LogP contribution in [0.2, 0.25) is 0 Å². The van der Waals surface area contributed by atoms with Crippen molar-refractivity contribution in [2.75, 3.05) is 0 Å². The standard InChI is InChI=1S/C22H28N4O/c1-15-21(16(2)26(25-15)20-10-6-7-13-23-20)18-11-12-19(14-18)24-22(27)17-8-4-3-5-9-17/h6-7,10-13,17-19H,3-5,8-9,14H2,1-2H3,(H,24,27)/t18-,19-/m1/s1. The minimum atomic E-state index is 0.126. The van der Waals surface area contributed by atoms with Crippen LogP contribution in [0.5, 0.6) is 0 Å². The maximum atomic E-state index is 12.6. The lowest BCUT2D eigenvalue weighted by Gasteiger charge is -2.23. The van der Waals surface area contributed by atoms with Crippen molar-refractivity contribution in [2.45, 2.75) is 64.3 Å².